The van der Waals surface area contributed by atoms with Crippen molar-refractivity contribution in [1.82, 2.24) is 0 Å². The minimum absolute atomic E-state index is 0.0132. The molecule has 0 atom stereocenters. The first-order valence-corrected chi connectivity index (χ1v) is 7.39. The van der Waals surface area contributed by atoms with Crippen LogP contribution in [0, 0.1) is 28.6 Å². The lowest BCUT2D eigenvalue weighted by Crippen LogP contribution is -2.17. The van der Waals surface area contributed by atoms with Gasteiger partial charge in [0.25, 0.3) is 0 Å². The number of carbonyl (C=O) groups excluding carboxylic acids is 1. The molecule has 0 spiro atoms. The normalized spacial score (nSPS) is 18.6. The summed E-state index contributed by atoms with van der Waals surface area (Å²) in [6.45, 7) is 8.76. The zero-order valence-electron chi connectivity index (χ0n) is 12.9. The number of hydrogen-bond donors (Lipinski definition) is 2. The molecule has 1 amide bonds. The fourth-order valence-corrected chi connectivity index (χ4v) is 3.08. The van der Waals surface area contributed by atoms with Gasteiger partial charge < -0.3 is 11.1 Å². The Morgan fingerprint density at radius 2 is 1.95 bits per heavy atom. The van der Waals surface area contributed by atoms with Crippen molar-refractivity contribution in [3.05, 3.63) is 28.8 Å². The van der Waals surface area contributed by atoms with E-state index >= 15 is 0 Å². The van der Waals surface area contributed by atoms with E-state index in [1.807, 2.05) is 0 Å². The van der Waals surface area contributed by atoms with Gasteiger partial charge in [-0.05, 0) is 29.0 Å². The van der Waals surface area contributed by atoms with Crippen LogP contribution in [0.15, 0.2) is 18.2 Å². The third kappa shape index (κ3) is 2.79. The Bertz CT molecular complexity index is 624. The Kier molecular flexibility index (Phi) is 4.06. The molecule has 4 heteroatoms. The average molecular weight is 305 g/mol. The zero-order chi connectivity index (χ0) is 15.8. The van der Waals surface area contributed by atoms with Gasteiger partial charge in [0.2, 0.25) is 5.91 Å². The summed E-state index contributed by atoms with van der Waals surface area (Å²) in [5, 5.41) is 3.52. The second-order valence-corrected chi connectivity index (χ2v) is 6.97. The molecule has 0 aliphatic heterocycles. The molecule has 0 aromatic heterocycles. The summed E-state index contributed by atoms with van der Waals surface area (Å²) >= 11 is 6.08. The summed E-state index contributed by atoms with van der Waals surface area (Å²) < 4.78 is 0. The minimum atomic E-state index is 0.0132. The molecule has 0 heterocycles. The zero-order valence-corrected chi connectivity index (χ0v) is 13.6. The molecule has 112 valence electrons. The van der Waals surface area contributed by atoms with E-state index in [1.54, 1.807) is 18.2 Å². The van der Waals surface area contributed by atoms with Crippen LogP contribution in [0.25, 0.3) is 0 Å². The summed E-state index contributed by atoms with van der Waals surface area (Å²) in [6, 6.07) is 5.31. The van der Waals surface area contributed by atoms with Crippen LogP contribution in [0.3, 0.4) is 0 Å². The minimum Gasteiger partial charge on any atom is -0.326 e. The molecule has 0 saturated heterocycles. The number of hydrogen-bond acceptors (Lipinski definition) is 2. The molecule has 1 aromatic carbocycles. The van der Waals surface area contributed by atoms with E-state index in [2.05, 4.69) is 44.9 Å². The van der Waals surface area contributed by atoms with Crippen LogP contribution >= 0.6 is 11.6 Å². The third-order valence-electron chi connectivity index (χ3n) is 4.84. The molecule has 1 fully saturated rings. The second-order valence-electron chi connectivity index (χ2n) is 6.57. The van der Waals surface area contributed by atoms with E-state index in [9.17, 15) is 4.79 Å². The van der Waals surface area contributed by atoms with Gasteiger partial charge in [0.15, 0.2) is 0 Å². The van der Waals surface area contributed by atoms with E-state index in [1.165, 1.54) is 0 Å². The molecule has 1 aliphatic carbocycles. The molecule has 3 nitrogen and oxygen atoms in total. The highest BCUT2D eigenvalue weighted by Gasteiger charge is 2.68. The van der Waals surface area contributed by atoms with Gasteiger partial charge in [0, 0.05) is 17.2 Å². The van der Waals surface area contributed by atoms with Crippen molar-refractivity contribution in [1.29, 1.82) is 0 Å². The van der Waals surface area contributed by atoms with E-state index in [-0.39, 0.29) is 29.2 Å². The second kappa shape index (κ2) is 5.36. The molecule has 0 bridgehead atoms. The molecule has 0 radical (unpaired) electrons. The average Bonchev–Trinajstić information content (AvgIpc) is 2.80. The molecule has 0 unspecified atom stereocenters. The fourth-order valence-electron chi connectivity index (χ4n) is 2.91. The van der Waals surface area contributed by atoms with E-state index in [0.717, 1.165) is 0 Å². The lowest BCUT2D eigenvalue weighted by atomic mass is 10.0. The number of benzene rings is 1. The molecule has 21 heavy (non-hydrogen) atoms. The van der Waals surface area contributed by atoms with Crippen molar-refractivity contribution < 1.29 is 4.79 Å². The maximum absolute atomic E-state index is 12.4. The Balaban J connectivity index is 2.16. The van der Waals surface area contributed by atoms with Gasteiger partial charge in [-0.2, -0.15) is 0 Å². The standard InChI is InChI=1S/C17H21ClN2O/c1-16(2)14(17(16,3)4)15(21)20-12-7-8-13(18)11(10-12)6-5-9-19/h7-8,10,14H,9,19H2,1-4H3,(H,20,21). The van der Waals surface area contributed by atoms with Crippen molar-refractivity contribution in [2.45, 2.75) is 27.7 Å². The molecule has 2 rings (SSSR count). The number of nitrogens with one attached hydrogen (secondary N) is 1. The van der Waals surface area contributed by atoms with E-state index in [4.69, 9.17) is 17.3 Å². The van der Waals surface area contributed by atoms with Crippen LogP contribution in [0.5, 0.6) is 0 Å². The van der Waals surface area contributed by atoms with Gasteiger partial charge in [0.1, 0.15) is 0 Å². The topological polar surface area (TPSA) is 55.1 Å². The monoisotopic (exact) mass is 304 g/mol. The van der Waals surface area contributed by atoms with Crippen molar-refractivity contribution in [2.75, 3.05) is 11.9 Å². The maximum Gasteiger partial charge on any atom is 0.228 e. The van der Waals surface area contributed by atoms with E-state index < -0.39 is 0 Å². The lowest BCUT2D eigenvalue weighted by molar-refractivity contribution is -0.118. The van der Waals surface area contributed by atoms with Gasteiger partial charge in [0.05, 0.1) is 11.6 Å². The molecular weight excluding hydrogens is 284 g/mol. The fraction of sp³-hybridized carbons (Fsp3) is 0.471. The van der Waals surface area contributed by atoms with Crippen molar-refractivity contribution >= 4 is 23.2 Å². The lowest BCUT2D eigenvalue weighted by Gasteiger charge is -2.07. The van der Waals surface area contributed by atoms with Crippen molar-refractivity contribution in [2.24, 2.45) is 22.5 Å². The number of rotatable bonds is 2. The summed E-state index contributed by atoms with van der Waals surface area (Å²) in [7, 11) is 0. The molecule has 3 N–H and O–H groups in total. The highest BCUT2D eigenvalue weighted by Crippen LogP contribution is 2.68. The highest BCUT2D eigenvalue weighted by atomic mass is 35.5. The van der Waals surface area contributed by atoms with Crippen LogP contribution in [-0.4, -0.2) is 12.5 Å². The highest BCUT2D eigenvalue weighted by molar-refractivity contribution is 6.31. The molecule has 1 aromatic rings. The van der Waals surface area contributed by atoms with Gasteiger partial charge in [-0.3, -0.25) is 4.79 Å². The largest absolute Gasteiger partial charge is 0.326 e. The predicted molar refractivity (Wildman–Crippen MR) is 87.1 cm³/mol. The van der Waals surface area contributed by atoms with Crippen LogP contribution in [0.2, 0.25) is 5.02 Å². The van der Waals surface area contributed by atoms with Gasteiger partial charge in [-0.1, -0.05) is 51.1 Å². The SMILES string of the molecule is CC1(C)C(C(=O)Nc2ccc(Cl)c(C#CCN)c2)C1(C)C. The number of anilines is 1. The number of nitrogens with two attached hydrogens (primary N) is 1. The first-order valence-electron chi connectivity index (χ1n) is 7.01. The van der Waals surface area contributed by atoms with Crippen LogP contribution in [0.1, 0.15) is 33.3 Å². The van der Waals surface area contributed by atoms with Gasteiger partial charge in [-0.25, -0.2) is 0 Å². The Morgan fingerprint density at radius 3 is 2.48 bits per heavy atom. The Morgan fingerprint density at radius 1 is 1.33 bits per heavy atom. The van der Waals surface area contributed by atoms with Crippen molar-refractivity contribution in [3.63, 3.8) is 0 Å². The quantitative estimate of drug-likeness (QED) is 0.824. The first-order chi connectivity index (χ1) is 9.71. The number of amides is 1. The maximum atomic E-state index is 12.4. The third-order valence-corrected chi connectivity index (χ3v) is 5.17. The summed E-state index contributed by atoms with van der Waals surface area (Å²) in [4.78, 5) is 12.4. The summed E-state index contributed by atoms with van der Waals surface area (Å²) in [5.41, 5.74) is 6.79. The molecule has 1 saturated carbocycles. The molecular formula is C17H21ClN2O. The molecule has 1 aliphatic rings. The van der Waals surface area contributed by atoms with Crippen molar-refractivity contribution in [3.8, 4) is 11.8 Å². The number of carbonyl (C=O) groups is 1. The summed E-state index contributed by atoms with van der Waals surface area (Å²) in [5.74, 6) is 5.73. The van der Waals surface area contributed by atoms with E-state index in [0.29, 0.717) is 16.3 Å². The first kappa shape index (κ1) is 15.9. The summed E-state index contributed by atoms with van der Waals surface area (Å²) in [6.07, 6.45) is 0. The predicted octanol–water partition coefficient (Wildman–Crippen LogP) is 3.27. The Hall–Kier alpha value is -1.50. The smallest absolute Gasteiger partial charge is 0.228 e. The number of halogens is 1. The van der Waals surface area contributed by atoms with Crippen LogP contribution in [0.4, 0.5) is 5.69 Å². The van der Waals surface area contributed by atoms with Gasteiger partial charge >= 0.3 is 0 Å². The van der Waals surface area contributed by atoms with Crippen LogP contribution < -0.4 is 11.1 Å². The Labute approximate surface area is 131 Å². The van der Waals surface area contributed by atoms with Crippen LogP contribution in [-0.2, 0) is 4.79 Å². The van der Waals surface area contributed by atoms with Gasteiger partial charge in [-0.15, -0.1) is 0 Å².